The zero-order valence-electron chi connectivity index (χ0n) is 13.5. The lowest BCUT2D eigenvalue weighted by molar-refractivity contribution is 0.858. The minimum atomic E-state index is 0.715. The Hall–Kier alpha value is -2.95. The van der Waals surface area contributed by atoms with Crippen molar-refractivity contribution in [2.75, 3.05) is 17.2 Å². The fraction of sp³-hybridized carbons (Fsp3) is 0.211. The summed E-state index contributed by atoms with van der Waals surface area (Å²) in [7, 11) is 0. The number of nitrogens with zero attached hydrogens (tertiary/aromatic N) is 3. The third kappa shape index (κ3) is 5.05. The van der Waals surface area contributed by atoms with Crippen LogP contribution in [0.2, 0.25) is 0 Å². The number of rotatable bonds is 8. The molecule has 0 aliphatic rings. The van der Waals surface area contributed by atoms with Crippen molar-refractivity contribution in [2.45, 2.75) is 19.4 Å². The molecule has 0 atom stereocenters. The maximum absolute atomic E-state index is 4.27. The molecule has 0 saturated carbocycles. The molecule has 2 heterocycles. The van der Waals surface area contributed by atoms with Crippen LogP contribution in [0.3, 0.4) is 0 Å². The van der Waals surface area contributed by atoms with Crippen molar-refractivity contribution >= 4 is 11.6 Å². The Balaban J connectivity index is 1.45. The second-order valence-corrected chi connectivity index (χ2v) is 5.51. The van der Waals surface area contributed by atoms with Crippen molar-refractivity contribution in [2.24, 2.45) is 0 Å². The fourth-order valence-electron chi connectivity index (χ4n) is 2.40. The largest absolute Gasteiger partial charge is 0.370 e. The first-order valence-corrected chi connectivity index (χ1v) is 8.13. The number of hydrogen-bond donors (Lipinski definition) is 2. The average Bonchev–Trinajstić information content (AvgIpc) is 2.66. The number of aryl methyl sites for hydroxylation is 1. The molecular weight excluding hydrogens is 298 g/mol. The molecule has 0 aliphatic carbocycles. The lowest BCUT2D eigenvalue weighted by atomic mass is 10.1. The van der Waals surface area contributed by atoms with Crippen LogP contribution in [0.25, 0.3) is 0 Å². The molecule has 1 aromatic carbocycles. The second kappa shape index (κ2) is 8.62. The summed E-state index contributed by atoms with van der Waals surface area (Å²) >= 11 is 0. The maximum atomic E-state index is 4.27. The van der Waals surface area contributed by atoms with Crippen LogP contribution in [-0.2, 0) is 13.0 Å². The van der Waals surface area contributed by atoms with Crippen molar-refractivity contribution in [1.82, 2.24) is 15.0 Å². The van der Waals surface area contributed by atoms with Crippen LogP contribution in [0, 0.1) is 0 Å². The number of benzene rings is 1. The highest BCUT2D eigenvalue weighted by Gasteiger charge is 1.99. The Morgan fingerprint density at radius 3 is 2.33 bits per heavy atom. The minimum absolute atomic E-state index is 0.715. The first kappa shape index (κ1) is 15.9. The molecule has 0 spiro atoms. The fourth-order valence-corrected chi connectivity index (χ4v) is 2.40. The first-order chi connectivity index (χ1) is 11.9. The van der Waals surface area contributed by atoms with Crippen LogP contribution < -0.4 is 10.6 Å². The van der Waals surface area contributed by atoms with Crippen LogP contribution in [-0.4, -0.2) is 21.5 Å². The van der Waals surface area contributed by atoms with E-state index in [9.17, 15) is 0 Å². The number of hydrogen-bond acceptors (Lipinski definition) is 5. The molecule has 0 unspecified atom stereocenters. The second-order valence-electron chi connectivity index (χ2n) is 5.51. The van der Waals surface area contributed by atoms with E-state index in [1.807, 2.05) is 24.3 Å². The molecule has 3 rings (SSSR count). The van der Waals surface area contributed by atoms with E-state index in [0.717, 1.165) is 31.0 Å². The predicted molar refractivity (Wildman–Crippen MR) is 96.8 cm³/mol. The summed E-state index contributed by atoms with van der Waals surface area (Å²) in [5, 5.41) is 6.65. The Labute approximate surface area is 142 Å². The van der Waals surface area contributed by atoms with Crippen molar-refractivity contribution in [3.05, 3.63) is 78.4 Å². The molecule has 0 aliphatic heterocycles. The van der Waals surface area contributed by atoms with Gasteiger partial charge in [0.2, 0.25) is 0 Å². The molecule has 2 N–H and O–H groups in total. The van der Waals surface area contributed by atoms with Crippen LogP contribution in [0.15, 0.2) is 67.3 Å². The standard InChI is InChI=1S/C19H21N5/c1-2-5-16(6-3-1)7-4-10-21-18-13-19(24-15-23-18)22-14-17-8-11-20-12-9-17/h1-3,5-6,8-9,11-13,15H,4,7,10,14H2,(H2,21,22,23,24). The highest BCUT2D eigenvalue weighted by Crippen LogP contribution is 2.10. The Morgan fingerprint density at radius 1 is 0.792 bits per heavy atom. The van der Waals surface area contributed by atoms with Gasteiger partial charge in [0.05, 0.1) is 0 Å². The summed E-state index contributed by atoms with van der Waals surface area (Å²) in [6.45, 7) is 1.60. The van der Waals surface area contributed by atoms with E-state index >= 15 is 0 Å². The summed E-state index contributed by atoms with van der Waals surface area (Å²) in [4.78, 5) is 12.5. The molecular formula is C19H21N5. The van der Waals surface area contributed by atoms with Crippen molar-refractivity contribution in [3.63, 3.8) is 0 Å². The highest BCUT2D eigenvalue weighted by molar-refractivity contribution is 5.46. The quantitative estimate of drug-likeness (QED) is 0.622. The van der Waals surface area contributed by atoms with Gasteiger partial charge in [0, 0.05) is 31.5 Å². The lowest BCUT2D eigenvalue weighted by Gasteiger charge is -2.09. The molecule has 0 fully saturated rings. The SMILES string of the molecule is c1ccc(CCCNc2cc(NCc3ccncc3)ncn2)cc1. The van der Waals surface area contributed by atoms with Gasteiger partial charge in [0.25, 0.3) is 0 Å². The molecule has 5 nitrogen and oxygen atoms in total. The molecule has 0 saturated heterocycles. The maximum Gasteiger partial charge on any atom is 0.131 e. The van der Waals surface area contributed by atoms with E-state index in [0.29, 0.717) is 6.54 Å². The number of nitrogens with one attached hydrogen (secondary N) is 2. The molecule has 122 valence electrons. The van der Waals surface area contributed by atoms with Gasteiger partial charge in [0.1, 0.15) is 18.0 Å². The summed E-state index contributed by atoms with van der Waals surface area (Å²) in [6, 6.07) is 16.4. The summed E-state index contributed by atoms with van der Waals surface area (Å²) in [6.07, 6.45) is 7.28. The zero-order valence-corrected chi connectivity index (χ0v) is 13.5. The Morgan fingerprint density at radius 2 is 1.54 bits per heavy atom. The van der Waals surface area contributed by atoms with Gasteiger partial charge in [-0.15, -0.1) is 0 Å². The van der Waals surface area contributed by atoms with Crippen molar-refractivity contribution in [1.29, 1.82) is 0 Å². The summed E-state index contributed by atoms with van der Waals surface area (Å²) < 4.78 is 0. The molecule has 5 heteroatoms. The molecule has 2 aromatic heterocycles. The van der Waals surface area contributed by atoms with E-state index in [2.05, 4.69) is 49.9 Å². The van der Waals surface area contributed by atoms with Crippen LogP contribution >= 0.6 is 0 Å². The van der Waals surface area contributed by atoms with Gasteiger partial charge in [-0.05, 0) is 36.1 Å². The number of pyridine rings is 1. The normalized spacial score (nSPS) is 10.3. The Kier molecular flexibility index (Phi) is 5.72. The predicted octanol–water partition coefficient (Wildman–Crippen LogP) is 3.53. The number of aromatic nitrogens is 3. The monoisotopic (exact) mass is 319 g/mol. The highest BCUT2D eigenvalue weighted by atomic mass is 15.1. The van der Waals surface area contributed by atoms with Gasteiger partial charge in [-0.1, -0.05) is 30.3 Å². The summed E-state index contributed by atoms with van der Waals surface area (Å²) in [5.74, 6) is 1.66. The van der Waals surface area contributed by atoms with Gasteiger partial charge in [-0.3, -0.25) is 4.98 Å². The van der Waals surface area contributed by atoms with E-state index in [1.54, 1.807) is 18.7 Å². The molecule has 0 radical (unpaired) electrons. The van der Waals surface area contributed by atoms with E-state index < -0.39 is 0 Å². The molecule has 0 bridgehead atoms. The van der Waals surface area contributed by atoms with E-state index in [-0.39, 0.29) is 0 Å². The summed E-state index contributed by atoms with van der Waals surface area (Å²) in [5.41, 5.74) is 2.53. The van der Waals surface area contributed by atoms with Gasteiger partial charge < -0.3 is 10.6 Å². The van der Waals surface area contributed by atoms with Crippen LogP contribution in [0.1, 0.15) is 17.5 Å². The first-order valence-electron chi connectivity index (χ1n) is 8.13. The zero-order chi connectivity index (χ0) is 16.5. The van der Waals surface area contributed by atoms with Crippen LogP contribution in [0.4, 0.5) is 11.6 Å². The van der Waals surface area contributed by atoms with Gasteiger partial charge in [-0.2, -0.15) is 0 Å². The third-order valence-corrected chi connectivity index (χ3v) is 3.68. The van der Waals surface area contributed by atoms with Gasteiger partial charge in [-0.25, -0.2) is 9.97 Å². The third-order valence-electron chi connectivity index (χ3n) is 3.68. The van der Waals surface area contributed by atoms with Gasteiger partial charge in [0.15, 0.2) is 0 Å². The van der Waals surface area contributed by atoms with Gasteiger partial charge >= 0.3 is 0 Å². The Bertz CT molecular complexity index is 731. The van der Waals surface area contributed by atoms with Crippen molar-refractivity contribution in [3.8, 4) is 0 Å². The minimum Gasteiger partial charge on any atom is -0.370 e. The van der Waals surface area contributed by atoms with E-state index in [1.165, 1.54) is 11.1 Å². The molecule has 3 aromatic rings. The molecule has 0 amide bonds. The van der Waals surface area contributed by atoms with Crippen molar-refractivity contribution < 1.29 is 0 Å². The van der Waals surface area contributed by atoms with E-state index in [4.69, 9.17) is 0 Å². The molecule has 24 heavy (non-hydrogen) atoms. The number of anilines is 2. The average molecular weight is 319 g/mol. The smallest absolute Gasteiger partial charge is 0.131 e. The van der Waals surface area contributed by atoms with Crippen LogP contribution in [0.5, 0.6) is 0 Å². The topological polar surface area (TPSA) is 62.7 Å². The lowest BCUT2D eigenvalue weighted by Crippen LogP contribution is -2.07.